The molecule has 1 aliphatic heterocycles. The zero-order chi connectivity index (χ0) is 15.9. The molecule has 0 atom stereocenters. The van der Waals surface area contributed by atoms with Crippen LogP contribution in [0.15, 0.2) is 65.7 Å². The number of hydrogen-bond acceptors (Lipinski definition) is 2. The fourth-order valence-electron chi connectivity index (χ4n) is 2.67. The third-order valence-electron chi connectivity index (χ3n) is 3.86. The lowest BCUT2D eigenvalue weighted by Crippen LogP contribution is -2.10. The van der Waals surface area contributed by atoms with Crippen LogP contribution in [-0.4, -0.2) is 11.6 Å². The molecule has 0 spiro atoms. The van der Waals surface area contributed by atoms with E-state index in [0.717, 1.165) is 53.4 Å². The van der Waals surface area contributed by atoms with Gasteiger partial charge in [-0.25, -0.2) is 10.3 Å². The first-order chi connectivity index (χ1) is 11.4. The molecule has 0 amide bonds. The smallest absolute Gasteiger partial charge is 0.129 e. The van der Waals surface area contributed by atoms with E-state index >= 15 is 0 Å². The van der Waals surface area contributed by atoms with Crippen molar-refractivity contribution in [1.82, 2.24) is 5.32 Å². The Hall–Kier alpha value is -2.00. The summed E-state index contributed by atoms with van der Waals surface area (Å²) in [6.07, 6.45) is 4.38. The molecule has 1 aliphatic rings. The maximum atomic E-state index is 4.82. The Morgan fingerprint density at radius 1 is 0.696 bits per heavy atom. The average molecular weight is 321 g/mol. The number of amidine groups is 1. The van der Waals surface area contributed by atoms with E-state index in [1.54, 1.807) is 0 Å². The summed E-state index contributed by atoms with van der Waals surface area (Å²) in [4.78, 5) is 4.82. The van der Waals surface area contributed by atoms with Crippen LogP contribution < -0.4 is 5.32 Å². The Labute approximate surface area is 143 Å². The van der Waals surface area contributed by atoms with Crippen molar-refractivity contribution >= 4 is 29.9 Å². The first-order valence-corrected chi connectivity index (χ1v) is 8.77. The second-order valence-electron chi connectivity index (χ2n) is 5.60. The number of thiol groups is 1. The molecule has 1 radical (unpaired) electrons. The summed E-state index contributed by atoms with van der Waals surface area (Å²) in [7, 11) is 0. The highest BCUT2D eigenvalue weighted by atomic mass is 32.1. The van der Waals surface area contributed by atoms with Gasteiger partial charge in [-0.3, -0.25) is 0 Å². The van der Waals surface area contributed by atoms with Gasteiger partial charge < -0.3 is 0 Å². The average Bonchev–Trinajstić information content (AvgIpc) is 3.05. The van der Waals surface area contributed by atoms with Crippen molar-refractivity contribution in [3.05, 3.63) is 71.8 Å². The highest BCUT2D eigenvalue weighted by molar-refractivity contribution is 7.80. The molecule has 0 saturated carbocycles. The predicted octanol–water partition coefficient (Wildman–Crippen LogP) is 5.02. The summed E-state index contributed by atoms with van der Waals surface area (Å²) in [6.45, 7) is 0. The van der Waals surface area contributed by atoms with Crippen molar-refractivity contribution < 1.29 is 0 Å². The summed E-state index contributed by atoms with van der Waals surface area (Å²) in [5, 5.41) is 4.82. The van der Waals surface area contributed by atoms with Crippen LogP contribution in [0.3, 0.4) is 0 Å². The molecule has 0 aromatic heterocycles. The molecule has 1 heterocycles. The minimum Gasteiger partial charge on any atom is -0.231 e. The van der Waals surface area contributed by atoms with Gasteiger partial charge in [0.2, 0.25) is 0 Å². The normalized spacial score (nSPS) is 13.9. The molecule has 3 rings (SSSR count). The van der Waals surface area contributed by atoms with Crippen molar-refractivity contribution in [3.63, 3.8) is 0 Å². The molecular weight excluding hydrogens is 300 g/mol. The van der Waals surface area contributed by atoms with Crippen molar-refractivity contribution in [2.45, 2.75) is 25.7 Å². The van der Waals surface area contributed by atoms with E-state index in [9.17, 15) is 0 Å². The number of hydrogen-bond donors (Lipinski definition) is 1. The maximum absolute atomic E-state index is 4.82. The minimum atomic E-state index is 0.931. The minimum absolute atomic E-state index is 0.931. The third kappa shape index (κ3) is 4.05. The van der Waals surface area contributed by atoms with E-state index in [4.69, 9.17) is 10.3 Å². The van der Waals surface area contributed by atoms with Gasteiger partial charge in [-0.2, -0.15) is 12.6 Å². The summed E-state index contributed by atoms with van der Waals surface area (Å²) in [5.41, 5.74) is 4.22. The zero-order valence-corrected chi connectivity index (χ0v) is 14.0. The van der Waals surface area contributed by atoms with Crippen LogP contribution >= 0.6 is 12.6 Å². The van der Waals surface area contributed by atoms with Crippen LogP contribution in [0.5, 0.6) is 0 Å². The molecule has 0 N–H and O–H groups in total. The lowest BCUT2D eigenvalue weighted by molar-refractivity contribution is 0.744. The number of benzene rings is 2. The van der Waals surface area contributed by atoms with Gasteiger partial charge in [0.05, 0.1) is 11.4 Å². The molecule has 0 unspecified atom stereocenters. The Morgan fingerprint density at radius 3 is 1.91 bits per heavy atom. The van der Waals surface area contributed by atoms with Gasteiger partial charge in [-0.15, -0.1) is 0 Å². The highest BCUT2D eigenvalue weighted by Crippen LogP contribution is 2.31. The van der Waals surface area contributed by atoms with Crippen molar-refractivity contribution in [2.24, 2.45) is 4.99 Å². The highest BCUT2D eigenvalue weighted by Gasteiger charge is 2.21. The summed E-state index contributed by atoms with van der Waals surface area (Å²) >= 11 is 4.27. The van der Waals surface area contributed by atoms with Gasteiger partial charge in [-0.05, 0) is 18.6 Å². The monoisotopic (exact) mass is 321 g/mol. The van der Waals surface area contributed by atoms with E-state index < -0.39 is 0 Å². The Morgan fingerprint density at radius 2 is 1.30 bits per heavy atom. The topological polar surface area (TPSA) is 26.5 Å². The van der Waals surface area contributed by atoms with Crippen LogP contribution in [-0.2, 0) is 0 Å². The molecule has 117 valence electrons. The van der Waals surface area contributed by atoms with Gasteiger partial charge in [0.1, 0.15) is 5.84 Å². The van der Waals surface area contributed by atoms with Gasteiger partial charge >= 0.3 is 0 Å². The lowest BCUT2D eigenvalue weighted by Gasteiger charge is -2.06. The zero-order valence-electron chi connectivity index (χ0n) is 13.2. The molecule has 0 aliphatic carbocycles. The molecule has 2 aromatic carbocycles. The molecule has 0 bridgehead atoms. The van der Waals surface area contributed by atoms with Gasteiger partial charge in [0, 0.05) is 17.5 Å². The second kappa shape index (κ2) is 8.02. The molecule has 3 heteroatoms. The van der Waals surface area contributed by atoms with E-state index in [-0.39, 0.29) is 0 Å². The Balaban J connectivity index is 1.83. The van der Waals surface area contributed by atoms with E-state index in [0.29, 0.717) is 0 Å². The molecule has 0 fully saturated rings. The standard InChI is InChI=1S/C20H21N2S/c23-15-9-3-8-14-18-21-19(16-10-4-1-5-11-16)20(22-18)17-12-6-2-7-13-17/h1-2,4-7,10-13,23H,3,8-9,14-15H2. The SMILES string of the molecule is SCCCCCC1=NC(c2ccccc2)=C(c2ccccc2)[N]1. The fourth-order valence-corrected chi connectivity index (χ4v) is 2.89. The molecular formula is C20H21N2S. The van der Waals surface area contributed by atoms with Gasteiger partial charge in [-0.1, -0.05) is 67.1 Å². The Bertz CT molecular complexity index is 690. The number of rotatable bonds is 7. The predicted molar refractivity (Wildman–Crippen MR) is 102 cm³/mol. The largest absolute Gasteiger partial charge is 0.231 e. The number of aliphatic imine (C=N–C) groups is 1. The second-order valence-corrected chi connectivity index (χ2v) is 6.05. The van der Waals surface area contributed by atoms with E-state index in [1.165, 1.54) is 6.42 Å². The van der Waals surface area contributed by atoms with Crippen LogP contribution in [0.2, 0.25) is 0 Å². The summed E-state index contributed by atoms with van der Waals surface area (Å²) in [5.74, 6) is 1.90. The van der Waals surface area contributed by atoms with Crippen LogP contribution in [0, 0.1) is 0 Å². The van der Waals surface area contributed by atoms with E-state index in [2.05, 4.69) is 36.9 Å². The molecule has 23 heavy (non-hydrogen) atoms. The van der Waals surface area contributed by atoms with Crippen molar-refractivity contribution in [3.8, 4) is 0 Å². The number of nitrogens with zero attached hydrogens (tertiary/aromatic N) is 2. The number of unbranched alkanes of at least 4 members (excludes halogenated alkanes) is 2. The van der Waals surface area contributed by atoms with Crippen LogP contribution in [0.1, 0.15) is 36.8 Å². The molecule has 0 saturated heterocycles. The Kier molecular flexibility index (Phi) is 5.54. The maximum Gasteiger partial charge on any atom is 0.129 e. The quantitative estimate of drug-likeness (QED) is 0.547. The van der Waals surface area contributed by atoms with Crippen molar-refractivity contribution in [1.29, 1.82) is 0 Å². The van der Waals surface area contributed by atoms with Crippen LogP contribution in [0.25, 0.3) is 11.4 Å². The van der Waals surface area contributed by atoms with Crippen molar-refractivity contribution in [2.75, 3.05) is 5.75 Å². The first-order valence-electron chi connectivity index (χ1n) is 8.14. The van der Waals surface area contributed by atoms with Gasteiger partial charge in [0.15, 0.2) is 0 Å². The van der Waals surface area contributed by atoms with E-state index in [1.807, 2.05) is 36.4 Å². The molecule has 2 aromatic rings. The fraction of sp³-hybridized carbons (Fsp3) is 0.250. The summed E-state index contributed by atoms with van der Waals surface area (Å²) in [6, 6.07) is 20.6. The first kappa shape index (κ1) is 15.9. The third-order valence-corrected chi connectivity index (χ3v) is 4.18. The molecule has 2 nitrogen and oxygen atoms in total. The van der Waals surface area contributed by atoms with Crippen LogP contribution in [0.4, 0.5) is 0 Å². The lowest BCUT2D eigenvalue weighted by atomic mass is 10.1. The van der Waals surface area contributed by atoms with Gasteiger partial charge in [0.25, 0.3) is 0 Å². The summed E-state index contributed by atoms with van der Waals surface area (Å²) < 4.78 is 0.